The normalized spacial score (nSPS) is 20.2. The maximum Gasteiger partial charge on any atom is 0.253 e. The topological polar surface area (TPSA) is 73.4 Å². The van der Waals surface area contributed by atoms with Crippen molar-refractivity contribution in [1.29, 1.82) is 0 Å². The molecule has 178 valence electrons. The van der Waals surface area contributed by atoms with Gasteiger partial charge in [0.15, 0.2) is 0 Å². The Morgan fingerprint density at radius 1 is 0.824 bits per heavy atom. The summed E-state index contributed by atoms with van der Waals surface area (Å²) < 4.78 is 5.35. The Morgan fingerprint density at radius 2 is 1.44 bits per heavy atom. The Labute approximate surface area is 199 Å². The first-order valence-corrected chi connectivity index (χ1v) is 11.9. The average molecular weight is 463 g/mol. The number of ether oxygens (including phenoxy) is 1. The van der Waals surface area contributed by atoms with Crippen LogP contribution in [0.3, 0.4) is 0 Å². The van der Waals surface area contributed by atoms with E-state index in [2.05, 4.69) is 4.90 Å². The molecule has 3 saturated heterocycles. The molecule has 0 N–H and O–H groups in total. The Morgan fingerprint density at radius 3 is 2.09 bits per heavy atom. The molecule has 0 aromatic heterocycles. The van der Waals surface area contributed by atoms with Crippen molar-refractivity contribution in [2.24, 2.45) is 0 Å². The van der Waals surface area contributed by atoms with E-state index in [0.29, 0.717) is 64.5 Å². The molecule has 0 saturated carbocycles. The smallest absolute Gasteiger partial charge is 0.253 e. The van der Waals surface area contributed by atoms with Crippen molar-refractivity contribution >= 4 is 23.4 Å². The highest BCUT2D eigenvalue weighted by atomic mass is 16.5. The first kappa shape index (κ1) is 22.4. The van der Waals surface area contributed by atoms with Gasteiger partial charge in [0.1, 0.15) is 12.1 Å². The van der Waals surface area contributed by atoms with E-state index in [1.165, 1.54) is 0 Å². The zero-order valence-corrected chi connectivity index (χ0v) is 19.3. The minimum absolute atomic E-state index is 0.00786. The van der Waals surface area contributed by atoms with Gasteiger partial charge in [0, 0.05) is 37.4 Å². The summed E-state index contributed by atoms with van der Waals surface area (Å²) in [6.45, 7) is 3.61. The van der Waals surface area contributed by atoms with Crippen LogP contribution in [0.1, 0.15) is 23.2 Å². The number of para-hydroxylation sites is 1. The summed E-state index contributed by atoms with van der Waals surface area (Å²) in [5.41, 5.74) is 0.869. The summed E-state index contributed by atoms with van der Waals surface area (Å²) in [7, 11) is 0. The van der Waals surface area contributed by atoms with Crippen molar-refractivity contribution in [3.8, 4) is 0 Å². The Balaban J connectivity index is 1.35. The monoisotopic (exact) mass is 462 g/mol. The second kappa shape index (κ2) is 9.46. The maximum absolute atomic E-state index is 13.8. The first-order valence-electron chi connectivity index (χ1n) is 11.9. The first-order chi connectivity index (χ1) is 16.6. The van der Waals surface area contributed by atoms with Crippen LogP contribution in [-0.4, -0.2) is 90.6 Å². The SMILES string of the molecule is O=C(CN1CN(c2ccccc2)C2(CCN(C(=O)c3ccccc3)CC2)C1=O)N1CCOCC1. The van der Waals surface area contributed by atoms with Crippen LogP contribution in [0, 0.1) is 0 Å². The number of piperidine rings is 1. The lowest BCUT2D eigenvalue weighted by atomic mass is 9.85. The van der Waals surface area contributed by atoms with Gasteiger partial charge in [-0.3, -0.25) is 14.4 Å². The fraction of sp³-hybridized carbons (Fsp3) is 0.423. The van der Waals surface area contributed by atoms with Crippen molar-refractivity contribution in [2.75, 3.05) is 57.5 Å². The number of carbonyl (C=O) groups is 3. The number of anilines is 1. The van der Waals surface area contributed by atoms with Gasteiger partial charge < -0.3 is 24.3 Å². The molecule has 2 aromatic carbocycles. The summed E-state index contributed by atoms with van der Waals surface area (Å²) in [4.78, 5) is 47.1. The summed E-state index contributed by atoms with van der Waals surface area (Å²) in [5.74, 6) is -0.0744. The lowest BCUT2D eigenvalue weighted by Gasteiger charge is -2.43. The second-order valence-corrected chi connectivity index (χ2v) is 9.09. The van der Waals surface area contributed by atoms with E-state index in [9.17, 15) is 14.4 Å². The Hall–Kier alpha value is -3.39. The van der Waals surface area contributed by atoms with Crippen molar-refractivity contribution in [1.82, 2.24) is 14.7 Å². The van der Waals surface area contributed by atoms with E-state index in [1.54, 1.807) is 9.80 Å². The second-order valence-electron chi connectivity index (χ2n) is 9.09. The average Bonchev–Trinajstić information content (AvgIpc) is 3.16. The predicted molar refractivity (Wildman–Crippen MR) is 127 cm³/mol. The van der Waals surface area contributed by atoms with Gasteiger partial charge in [-0.15, -0.1) is 0 Å². The van der Waals surface area contributed by atoms with Gasteiger partial charge in [0.25, 0.3) is 11.8 Å². The van der Waals surface area contributed by atoms with Crippen LogP contribution in [0.2, 0.25) is 0 Å². The number of amides is 3. The van der Waals surface area contributed by atoms with Crippen molar-refractivity contribution < 1.29 is 19.1 Å². The molecule has 0 radical (unpaired) electrons. The third-order valence-corrected chi connectivity index (χ3v) is 7.17. The number of carbonyl (C=O) groups excluding carboxylic acids is 3. The van der Waals surface area contributed by atoms with Crippen molar-refractivity contribution in [3.05, 3.63) is 66.2 Å². The lowest BCUT2D eigenvalue weighted by Crippen LogP contribution is -2.57. The largest absolute Gasteiger partial charge is 0.378 e. The fourth-order valence-corrected chi connectivity index (χ4v) is 5.24. The zero-order valence-electron chi connectivity index (χ0n) is 19.3. The number of hydrogen-bond donors (Lipinski definition) is 0. The van der Waals surface area contributed by atoms with Crippen LogP contribution in [0.15, 0.2) is 60.7 Å². The highest BCUT2D eigenvalue weighted by Crippen LogP contribution is 2.39. The number of rotatable bonds is 4. The third kappa shape index (κ3) is 4.14. The van der Waals surface area contributed by atoms with Crippen LogP contribution in [0.4, 0.5) is 5.69 Å². The van der Waals surface area contributed by atoms with Crippen LogP contribution in [0.5, 0.6) is 0 Å². The van der Waals surface area contributed by atoms with Crippen molar-refractivity contribution in [3.63, 3.8) is 0 Å². The molecule has 3 amide bonds. The molecule has 8 heteroatoms. The molecule has 34 heavy (non-hydrogen) atoms. The van der Waals surface area contributed by atoms with E-state index < -0.39 is 5.54 Å². The molecule has 0 unspecified atom stereocenters. The maximum atomic E-state index is 13.8. The molecule has 5 rings (SSSR count). The molecular weight excluding hydrogens is 432 g/mol. The molecular formula is C26H30N4O4. The van der Waals surface area contributed by atoms with Gasteiger partial charge in [0.2, 0.25) is 5.91 Å². The van der Waals surface area contributed by atoms with E-state index >= 15 is 0 Å². The van der Waals surface area contributed by atoms with Gasteiger partial charge in [-0.05, 0) is 37.1 Å². The fourth-order valence-electron chi connectivity index (χ4n) is 5.24. The Bertz CT molecular complexity index is 1030. The van der Waals surface area contributed by atoms with E-state index in [4.69, 9.17) is 4.74 Å². The van der Waals surface area contributed by atoms with E-state index in [1.807, 2.05) is 65.6 Å². The molecule has 8 nitrogen and oxygen atoms in total. The molecule has 0 bridgehead atoms. The number of nitrogens with zero attached hydrogens (tertiary/aromatic N) is 4. The highest BCUT2D eigenvalue weighted by Gasteiger charge is 2.54. The minimum Gasteiger partial charge on any atom is -0.378 e. The zero-order chi connectivity index (χ0) is 23.5. The molecule has 3 aliphatic heterocycles. The molecule has 2 aromatic rings. The highest BCUT2D eigenvalue weighted by molar-refractivity contribution is 5.97. The molecule has 0 atom stereocenters. The predicted octanol–water partition coefficient (Wildman–Crippen LogP) is 1.83. The summed E-state index contributed by atoms with van der Waals surface area (Å²) in [6.07, 6.45) is 1.06. The Kier molecular flexibility index (Phi) is 6.24. The van der Waals surface area contributed by atoms with Crippen molar-refractivity contribution in [2.45, 2.75) is 18.4 Å². The number of hydrogen-bond acceptors (Lipinski definition) is 5. The van der Waals surface area contributed by atoms with Crippen LogP contribution in [-0.2, 0) is 14.3 Å². The molecule has 3 aliphatic rings. The number of likely N-dealkylation sites (tertiary alicyclic amines) is 1. The summed E-state index contributed by atoms with van der Waals surface area (Å²) >= 11 is 0. The number of morpholine rings is 1. The number of benzene rings is 2. The molecule has 0 aliphatic carbocycles. The van der Waals surface area contributed by atoms with Crippen LogP contribution in [0.25, 0.3) is 0 Å². The van der Waals surface area contributed by atoms with Gasteiger partial charge in [-0.25, -0.2) is 0 Å². The third-order valence-electron chi connectivity index (χ3n) is 7.17. The van der Waals surface area contributed by atoms with E-state index in [0.717, 1.165) is 5.69 Å². The van der Waals surface area contributed by atoms with Gasteiger partial charge in [-0.1, -0.05) is 36.4 Å². The van der Waals surface area contributed by atoms with E-state index in [-0.39, 0.29) is 24.3 Å². The lowest BCUT2D eigenvalue weighted by molar-refractivity contribution is -0.143. The standard InChI is InChI=1S/C26H30N4O4/c31-23(27-15-17-34-18-16-27)19-29-20-30(22-9-5-2-6-10-22)26(25(29)33)11-13-28(14-12-26)24(32)21-7-3-1-4-8-21/h1-10H,11-20H2. The van der Waals surface area contributed by atoms with Crippen LogP contribution < -0.4 is 4.90 Å². The van der Waals surface area contributed by atoms with Gasteiger partial charge >= 0.3 is 0 Å². The minimum atomic E-state index is -0.750. The van der Waals surface area contributed by atoms with Gasteiger partial charge in [0.05, 0.1) is 19.9 Å². The summed E-state index contributed by atoms with van der Waals surface area (Å²) in [6, 6.07) is 19.1. The molecule has 3 heterocycles. The van der Waals surface area contributed by atoms with Crippen LogP contribution >= 0.6 is 0 Å². The summed E-state index contributed by atoms with van der Waals surface area (Å²) in [5, 5.41) is 0. The van der Waals surface area contributed by atoms with Gasteiger partial charge in [-0.2, -0.15) is 0 Å². The quantitative estimate of drug-likeness (QED) is 0.693. The molecule has 1 spiro atoms. The molecule has 3 fully saturated rings.